The number of amides is 3. The van der Waals surface area contributed by atoms with Crippen molar-refractivity contribution < 1.29 is 24.2 Å². The molecular weight excluding hydrogens is 370 g/mol. The molecule has 1 fully saturated rings. The molecule has 8 nitrogen and oxygen atoms in total. The summed E-state index contributed by atoms with van der Waals surface area (Å²) in [5.74, 6) is -0.999. The van der Waals surface area contributed by atoms with E-state index < -0.39 is 35.4 Å². The van der Waals surface area contributed by atoms with E-state index >= 15 is 0 Å². The molecule has 0 bridgehead atoms. The lowest BCUT2D eigenvalue weighted by Crippen LogP contribution is -2.46. The summed E-state index contributed by atoms with van der Waals surface area (Å²) < 4.78 is 4.73. The Balaban J connectivity index is 1.66. The number of hydrogen-bond donors (Lipinski definition) is 4. The van der Waals surface area contributed by atoms with Crippen LogP contribution in [0, 0.1) is 5.92 Å². The van der Waals surface area contributed by atoms with Gasteiger partial charge in [0.2, 0.25) is 11.8 Å². The number of benzene rings is 1. The molecule has 0 aliphatic carbocycles. The average Bonchev–Trinajstić information content (AvgIpc) is 3.09. The smallest absolute Gasteiger partial charge is 0.413 e. The maximum absolute atomic E-state index is 12.9. The van der Waals surface area contributed by atoms with E-state index in [-0.39, 0.29) is 18.9 Å². The fraction of sp³-hybridized carbons (Fsp3) is 0.500. The monoisotopic (exact) mass is 393 g/mol. The largest absolute Gasteiger partial charge is 0.450 e. The van der Waals surface area contributed by atoms with Gasteiger partial charge in [-0.3, -0.25) is 14.9 Å². The van der Waals surface area contributed by atoms with Gasteiger partial charge in [-0.2, -0.15) is 0 Å². The third-order valence-electron chi connectivity index (χ3n) is 4.65. The van der Waals surface area contributed by atoms with Gasteiger partial charge >= 0.3 is 6.09 Å². The fourth-order valence-corrected chi connectivity index (χ4v) is 4.71. The summed E-state index contributed by atoms with van der Waals surface area (Å²) in [5, 5.41) is 17.7. The highest BCUT2D eigenvalue weighted by Gasteiger charge is 2.38. The SMILES string of the molecule is CCOC(=O)NC(=O)C1CCSC1NC(=O)C1CC(O)Nc2ccccc21. The maximum Gasteiger partial charge on any atom is 0.413 e. The summed E-state index contributed by atoms with van der Waals surface area (Å²) in [6, 6.07) is 7.35. The van der Waals surface area contributed by atoms with Crippen molar-refractivity contribution in [1.82, 2.24) is 10.6 Å². The molecule has 2 heterocycles. The van der Waals surface area contributed by atoms with E-state index in [0.29, 0.717) is 12.2 Å². The highest BCUT2D eigenvalue weighted by molar-refractivity contribution is 8.00. The van der Waals surface area contributed by atoms with E-state index in [1.807, 2.05) is 24.3 Å². The van der Waals surface area contributed by atoms with Gasteiger partial charge in [0, 0.05) is 12.1 Å². The Morgan fingerprint density at radius 2 is 2.07 bits per heavy atom. The molecule has 0 radical (unpaired) electrons. The molecule has 4 atom stereocenters. The Morgan fingerprint density at radius 3 is 2.85 bits per heavy atom. The molecule has 0 aromatic heterocycles. The number of para-hydroxylation sites is 1. The van der Waals surface area contributed by atoms with E-state index in [0.717, 1.165) is 11.3 Å². The molecule has 2 aliphatic heterocycles. The van der Waals surface area contributed by atoms with Gasteiger partial charge in [-0.1, -0.05) is 18.2 Å². The summed E-state index contributed by atoms with van der Waals surface area (Å²) in [4.78, 5) is 36.7. The zero-order valence-electron chi connectivity index (χ0n) is 14.9. The minimum atomic E-state index is -0.810. The van der Waals surface area contributed by atoms with Crippen molar-refractivity contribution in [2.24, 2.45) is 5.92 Å². The Morgan fingerprint density at radius 1 is 1.30 bits per heavy atom. The highest BCUT2D eigenvalue weighted by Crippen LogP contribution is 2.36. The van der Waals surface area contributed by atoms with Crippen molar-refractivity contribution >= 4 is 35.4 Å². The molecule has 1 aromatic carbocycles. The Bertz CT molecular complexity index is 729. The van der Waals surface area contributed by atoms with Crippen molar-refractivity contribution in [3.8, 4) is 0 Å². The van der Waals surface area contributed by atoms with Crippen LogP contribution < -0.4 is 16.0 Å². The number of imide groups is 1. The van der Waals surface area contributed by atoms with Gasteiger partial charge in [-0.25, -0.2) is 4.79 Å². The van der Waals surface area contributed by atoms with Gasteiger partial charge in [0.15, 0.2) is 0 Å². The van der Waals surface area contributed by atoms with Crippen LogP contribution in [0.25, 0.3) is 0 Å². The number of nitrogens with one attached hydrogen (secondary N) is 3. The maximum atomic E-state index is 12.9. The highest BCUT2D eigenvalue weighted by atomic mass is 32.2. The van der Waals surface area contributed by atoms with E-state index in [1.54, 1.807) is 6.92 Å². The minimum absolute atomic E-state index is 0.177. The van der Waals surface area contributed by atoms with Crippen molar-refractivity contribution in [3.05, 3.63) is 29.8 Å². The lowest BCUT2D eigenvalue weighted by molar-refractivity contribution is -0.126. The summed E-state index contributed by atoms with van der Waals surface area (Å²) in [6.45, 7) is 1.83. The van der Waals surface area contributed by atoms with Crippen LogP contribution in [0.2, 0.25) is 0 Å². The molecule has 4 N–H and O–H groups in total. The van der Waals surface area contributed by atoms with Crippen molar-refractivity contribution in [1.29, 1.82) is 0 Å². The molecule has 9 heteroatoms. The van der Waals surface area contributed by atoms with Gasteiger partial charge in [0.05, 0.1) is 23.8 Å². The normalized spacial score (nSPS) is 26.4. The minimum Gasteiger partial charge on any atom is -0.450 e. The summed E-state index contributed by atoms with van der Waals surface area (Å²) in [6.07, 6.45) is -0.777. The third-order valence-corrected chi connectivity index (χ3v) is 5.92. The van der Waals surface area contributed by atoms with E-state index in [9.17, 15) is 19.5 Å². The molecule has 4 unspecified atom stereocenters. The van der Waals surface area contributed by atoms with E-state index in [2.05, 4.69) is 16.0 Å². The first-order chi connectivity index (χ1) is 13.0. The second-order valence-electron chi connectivity index (χ2n) is 6.44. The second-order valence-corrected chi connectivity index (χ2v) is 7.69. The van der Waals surface area contributed by atoms with Gasteiger partial charge < -0.3 is 20.5 Å². The van der Waals surface area contributed by atoms with Crippen molar-refractivity contribution in [2.75, 3.05) is 17.7 Å². The summed E-state index contributed by atoms with van der Waals surface area (Å²) in [7, 11) is 0. The molecule has 1 saturated heterocycles. The third kappa shape index (κ3) is 4.54. The number of hydrogen-bond acceptors (Lipinski definition) is 7. The van der Waals surface area contributed by atoms with Crippen LogP contribution >= 0.6 is 11.8 Å². The molecule has 146 valence electrons. The van der Waals surface area contributed by atoms with Crippen molar-refractivity contribution in [3.63, 3.8) is 0 Å². The van der Waals surface area contributed by atoms with Gasteiger partial charge in [0.25, 0.3) is 0 Å². The number of rotatable bonds is 4. The first kappa shape index (κ1) is 19.5. The van der Waals surface area contributed by atoms with Gasteiger partial charge in [0.1, 0.15) is 6.23 Å². The standard InChI is InChI=1S/C18H23N3O5S/c1-2-26-18(25)21-15(23)11-7-8-27-17(11)20-16(24)12-9-14(22)19-13-6-4-3-5-10(12)13/h3-6,11-12,14,17,19,22H,2,7-9H2,1H3,(H,20,24)(H,21,23,25). The first-order valence-corrected chi connectivity index (χ1v) is 9.97. The van der Waals surface area contributed by atoms with Crippen LogP contribution in [0.3, 0.4) is 0 Å². The molecule has 1 aromatic rings. The van der Waals surface area contributed by atoms with Gasteiger partial charge in [-0.05, 0) is 30.7 Å². The first-order valence-electron chi connectivity index (χ1n) is 8.92. The quantitative estimate of drug-likeness (QED) is 0.610. The molecule has 2 aliphatic rings. The Kier molecular flexibility index (Phi) is 6.22. The number of thioether (sulfide) groups is 1. The number of ether oxygens (including phenoxy) is 1. The number of carbonyl (C=O) groups excluding carboxylic acids is 3. The molecule has 3 amide bonds. The van der Waals surface area contributed by atoms with Crippen molar-refractivity contribution in [2.45, 2.75) is 37.3 Å². The zero-order valence-corrected chi connectivity index (χ0v) is 15.8. The average molecular weight is 393 g/mol. The predicted octanol–water partition coefficient (Wildman–Crippen LogP) is 1.37. The van der Waals surface area contributed by atoms with Crippen LogP contribution in [-0.4, -0.2) is 47.0 Å². The molecular formula is C18H23N3O5S. The number of aliphatic hydroxyl groups is 1. The van der Waals surface area contributed by atoms with Gasteiger partial charge in [-0.15, -0.1) is 11.8 Å². The van der Waals surface area contributed by atoms with E-state index in [1.165, 1.54) is 11.8 Å². The van der Waals surface area contributed by atoms with Crippen LogP contribution in [0.4, 0.5) is 10.5 Å². The second kappa shape index (κ2) is 8.62. The molecule has 3 rings (SSSR count). The molecule has 0 spiro atoms. The zero-order chi connectivity index (χ0) is 19.4. The Labute approximate surface area is 161 Å². The van der Waals surface area contributed by atoms with Crippen LogP contribution in [0.1, 0.15) is 31.2 Å². The van der Waals surface area contributed by atoms with Crippen LogP contribution in [0.15, 0.2) is 24.3 Å². The number of anilines is 1. The topological polar surface area (TPSA) is 117 Å². The Hall–Kier alpha value is -2.26. The van der Waals surface area contributed by atoms with E-state index in [4.69, 9.17) is 4.74 Å². The summed E-state index contributed by atoms with van der Waals surface area (Å²) in [5.41, 5.74) is 1.54. The van der Waals surface area contributed by atoms with Crippen LogP contribution in [0.5, 0.6) is 0 Å². The molecule has 0 saturated carbocycles. The van der Waals surface area contributed by atoms with Crippen LogP contribution in [-0.2, 0) is 14.3 Å². The fourth-order valence-electron chi connectivity index (χ4n) is 3.37. The summed E-state index contributed by atoms with van der Waals surface area (Å²) >= 11 is 1.47. The number of aliphatic hydroxyl groups excluding tert-OH is 1. The predicted molar refractivity (Wildman–Crippen MR) is 101 cm³/mol. The number of fused-ring (bicyclic) bond motifs is 1. The number of alkyl carbamates (subject to hydrolysis) is 1. The lowest BCUT2D eigenvalue weighted by Gasteiger charge is -2.31. The lowest BCUT2D eigenvalue weighted by atomic mass is 9.89. The molecule has 27 heavy (non-hydrogen) atoms. The number of carbonyl (C=O) groups is 3.